The van der Waals surface area contributed by atoms with Crippen LogP contribution in [-0.4, -0.2) is 30.5 Å². The monoisotopic (exact) mass is 410 g/mol. The SMILES string of the molecule is CCc1c(OC)c(C)c(C)c(C(=O)O)c1OCCSI. The van der Waals surface area contributed by atoms with Gasteiger partial charge in [-0.3, -0.25) is 0 Å². The van der Waals surface area contributed by atoms with Gasteiger partial charge in [0.15, 0.2) is 0 Å². The van der Waals surface area contributed by atoms with Crippen molar-refractivity contribution < 1.29 is 19.4 Å². The normalized spacial score (nSPS) is 10.4. The molecule has 20 heavy (non-hydrogen) atoms. The van der Waals surface area contributed by atoms with Gasteiger partial charge in [-0.05, 0) is 52.6 Å². The van der Waals surface area contributed by atoms with Crippen LogP contribution in [0.2, 0.25) is 0 Å². The molecule has 1 aromatic carbocycles. The van der Waals surface area contributed by atoms with E-state index in [-0.39, 0.29) is 5.56 Å². The second-order valence-electron chi connectivity index (χ2n) is 4.29. The highest BCUT2D eigenvalue weighted by molar-refractivity contribution is 14.2. The number of rotatable bonds is 7. The molecule has 112 valence electrons. The maximum absolute atomic E-state index is 11.6. The Bertz CT molecular complexity index is 503. The Morgan fingerprint density at radius 1 is 1.30 bits per heavy atom. The van der Waals surface area contributed by atoms with Gasteiger partial charge in [-0.1, -0.05) is 15.9 Å². The van der Waals surface area contributed by atoms with E-state index in [9.17, 15) is 9.90 Å². The van der Waals surface area contributed by atoms with E-state index in [0.717, 1.165) is 22.6 Å². The van der Waals surface area contributed by atoms with Crippen molar-refractivity contribution in [3.63, 3.8) is 0 Å². The summed E-state index contributed by atoms with van der Waals surface area (Å²) in [5, 5.41) is 9.48. The molecule has 0 aliphatic rings. The van der Waals surface area contributed by atoms with Gasteiger partial charge >= 0.3 is 5.97 Å². The van der Waals surface area contributed by atoms with Crippen LogP contribution in [0.15, 0.2) is 0 Å². The zero-order valence-electron chi connectivity index (χ0n) is 12.1. The van der Waals surface area contributed by atoms with E-state index in [1.165, 1.54) is 0 Å². The van der Waals surface area contributed by atoms with Gasteiger partial charge in [0.25, 0.3) is 0 Å². The smallest absolute Gasteiger partial charge is 0.339 e. The van der Waals surface area contributed by atoms with Crippen molar-refractivity contribution in [2.75, 3.05) is 19.5 Å². The second-order valence-corrected chi connectivity index (χ2v) is 6.78. The minimum absolute atomic E-state index is 0.249. The summed E-state index contributed by atoms with van der Waals surface area (Å²) < 4.78 is 11.2. The molecule has 0 amide bonds. The highest BCUT2D eigenvalue weighted by Gasteiger charge is 2.24. The molecule has 0 aromatic heterocycles. The molecule has 0 atom stereocenters. The fourth-order valence-electron chi connectivity index (χ4n) is 2.20. The molecule has 0 radical (unpaired) electrons. The highest BCUT2D eigenvalue weighted by Crippen LogP contribution is 2.39. The van der Waals surface area contributed by atoms with Crippen LogP contribution in [-0.2, 0) is 6.42 Å². The van der Waals surface area contributed by atoms with E-state index in [4.69, 9.17) is 9.47 Å². The molecule has 0 saturated heterocycles. The van der Waals surface area contributed by atoms with E-state index in [1.54, 1.807) is 23.0 Å². The Labute approximate surface area is 135 Å². The van der Waals surface area contributed by atoms with Crippen LogP contribution >= 0.6 is 30.1 Å². The molecular formula is C14H19IO4S. The number of carboxylic acid groups (broad SMARTS) is 1. The van der Waals surface area contributed by atoms with Crippen LogP contribution in [0.25, 0.3) is 0 Å². The third-order valence-corrected chi connectivity index (χ3v) is 4.87. The number of aromatic carboxylic acids is 1. The van der Waals surface area contributed by atoms with Crippen LogP contribution in [0.1, 0.15) is 34.0 Å². The van der Waals surface area contributed by atoms with E-state index in [1.807, 2.05) is 13.8 Å². The molecule has 0 fully saturated rings. The molecule has 6 heteroatoms. The zero-order valence-corrected chi connectivity index (χ0v) is 15.1. The van der Waals surface area contributed by atoms with Crippen LogP contribution in [0, 0.1) is 13.8 Å². The third kappa shape index (κ3) is 3.52. The molecule has 0 saturated carbocycles. The van der Waals surface area contributed by atoms with E-state index >= 15 is 0 Å². The molecule has 0 spiro atoms. The molecule has 0 heterocycles. The van der Waals surface area contributed by atoms with E-state index < -0.39 is 5.97 Å². The number of carboxylic acids is 1. The number of methoxy groups -OCH3 is 1. The second kappa shape index (κ2) is 7.97. The Balaban J connectivity index is 3.48. The molecule has 1 aromatic rings. The summed E-state index contributed by atoms with van der Waals surface area (Å²) in [5.41, 5.74) is 2.63. The van der Waals surface area contributed by atoms with E-state index in [0.29, 0.717) is 24.3 Å². The minimum atomic E-state index is -0.958. The molecule has 0 unspecified atom stereocenters. The van der Waals surface area contributed by atoms with Crippen molar-refractivity contribution in [1.82, 2.24) is 0 Å². The Morgan fingerprint density at radius 2 is 1.95 bits per heavy atom. The number of carbonyl (C=O) groups is 1. The van der Waals surface area contributed by atoms with Gasteiger partial charge in [-0.25, -0.2) is 4.79 Å². The Morgan fingerprint density at radius 3 is 2.40 bits per heavy atom. The lowest BCUT2D eigenvalue weighted by atomic mass is 9.95. The van der Waals surface area contributed by atoms with Crippen molar-refractivity contribution in [1.29, 1.82) is 0 Å². The first-order valence-corrected chi connectivity index (χ1v) is 9.81. The zero-order chi connectivity index (χ0) is 15.3. The maximum Gasteiger partial charge on any atom is 0.339 e. The molecule has 0 aliphatic carbocycles. The molecular weight excluding hydrogens is 391 g/mol. The molecule has 1 N–H and O–H groups in total. The van der Waals surface area contributed by atoms with Gasteiger partial charge in [0.1, 0.15) is 17.1 Å². The van der Waals surface area contributed by atoms with Crippen LogP contribution < -0.4 is 9.47 Å². The number of hydrogen-bond acceptors (Lipinski definition) is 4. The van der Waals surface area contributed by atoms with Gasteiger partial charge in [-0.2, -0.15) is 0 Å². The van der Waals surface area contributed by atoms with Gasteiger partial charge in [-0.15, -0.1) is 0 Å². The first kappa shape index (κ1) is 17.4. The summed E-state index contributed by atoms with van der Waals surface area (Å²) in [6.45, 7) is 6.12. The lowest BCUT2D eigenvalue weighted by Crippen LogP contribution is -2.12. The fourth-order valence-corrected chi connectivity index (χ4v) is 2.88. The highest BCUT2D eigenvalue weighted by atomic mass is 127. The van der Waals surface area contributed by atoms with Crippen molar-refractivity contribution in [2.45, 2.75) is 27.2 Å². The predicted molar refractivity (Wildman–Crippen MR) is 90.8 cm³/mol. The maximum atomic E-state index is 11.6. The van der Waals surface area contributed by atoms with Crippen molar-refractivity contribution in [3.05, 3.63) is 22.3 Å². The van der Waals surface area contributed by atoms with Gasteiger partial charge in [0.2, 0.25) is 0 Å². The standard InChI is InChI=1S/C14H19IO4S/c1-5-10-12(18-4)9(3)8(2)11(14(16)17)13(10)19-6-7-20-15/h5-7H2,1-4H3,(H,16,17). The average molecular weight is 410 g/mol. The summed E-state index contributed by atoms with van der Waals surface area (Å²) in [4.78, 5) is 11.6. The average Bonchev–Trinajstić information content (AvgIpc) is 2.41. The lowest BCUT2D eigenvalue weighted by Gasteiger charge is -2.20. The minimum Gasteiger partial charge on any atom is -0.496 e. The van der Waals surface area contributed by atoms with Crippen LogP contribution in [0.4, 0.5) is 0 Å². The molecule has 0 bridgehead atoms. The number of halogens is 1. The molecule has 4 nitrogen and oxygen atoms in total. The number of ether oxygens (including phenoxy) is 2. The molecule has 0 aliphatic heterocycles. The summed E-state index contributed by atoms with van der Waals surface area (Å²) in [6, 6.07) is 0. The van der Waals surface area contributed by atoms with Gasteiger partial charge in [0, 0.05) is 11.3 Å². The predicted octanol–water partition coefficient (Wildman–Crippen LogP) is 4.03. The Hall–Kier alpha value is -0.630. The van der Waals surface area contributed by atoms with Crippen LogP contribution in [0.3, 0.4) is 0 Å². The quantitative estimate of drug-likeness (QED) is 0.543. The summed E-state index contributed by atoms with van der Waals surface area (Å²) in [6.07, 6.45) is 0.664. The summed E-state index contributed by atoms with van der Waals surface area (Å²) in [5.74, 6) is 1.02. The first-order valence-electron chi connectivity index (χ1n) is 6.29. The van der Waals surface area contributed by atoms with E-state index in [2.05, 4.69) is 21.2 Å². The molecule has 1 rings (SSSR count). The third-order valence-electron chi connectivity index (χ3n) is 3.23. The number of hydrogen-bond donors (Lipinski definition) is 1. The van der Waals surface area contributed by atoms with Gasteiger partial charge in [0.05, 0.1) is 13.7 Å². The number of benzene rings is 1. The topological polar surface area (TPSA) is 55.8 Å². The van der Waals surface area contributed by atoms with Crippen molar-refractivity contribution in [2.24, 2.45) is 0 Å². The Kier molecular flexibility index (Phi) is 6.94. The van der Waals surface area contributed by atoms with Crippen molar-refractivity contribution >= 4 is 36.1 Å². The fraction of sp³-hybridized carbons (Fsp3) is 0.500. The first-order chi connectivity index (χ1) is 9.49. The van der Waals surface area contributed by atoms with Gasteiger partial charge < -0.3 is 14.6 Å². The lowest BCUT2D eigenvalue weighted by molar-refractivity contribution is 0.0691. The largest absolute Gasteiger partial charge is 0.496 e. The summed E-state index contributed by atoms with van der Waals surface area (Å²) in [7, 11) is 3.24. The van der Waals surface area contributed by atoms with Crippen LogP contribution in [0.5, 0.6) is 11.5 Å². The van der Waals surface area contributed by atoms with Crippen molar-refractivity contribution in [3.8, 4) is 11.5 Å². The summed E-state index contributed by atoms with van der Waals surface area (Å²) >= 11 is 2.19.